The van der Waals surface area contributed by atoms with Gasteiger partial charge in [0.1, 0.15) is 6.33 Å². The number of carbonyl (C=O) groups excluding carboxylic acids is 2. The van der Waals surface area contributed by atoms with E-state index in [1.807, 2.05) is 13.1 Å². The van der Waals surface area contributed by atoms with Crippen LogP contribution in [0.15, 0.2) is 24.8 Å². The smallest absolute Gasteiger partial charge is 0.320 e. The van der Waals surface area contributed by atoms with Crippen LogP contribution in [0.2, 0.25) is 0 Å². The lowest BCUT2D eigenvalue weighted by Gasteiger charge is -2.39. The van der Waals surface area contributed by atoms with Gasteiger partial charge in [-0.2, -0.15) is 5.10 Å². The topological polar surface area (TPSA) is 114 Å². The van der Waals surface area contributed by atoms with Crippen molar-refractivity contribution in [1.82, 2.24) is 30.0 Å². The van der Waals surface area contributed by atoms with Crippen LogP contribution < -0.4 is 15.4 Å². The van der Waals surface area contributed by atoms with Gasteiger partial charge in [-0.15, -0.1) is 0 Å². The number of likely N-dealkylation sites (tertiary alicyclic amines) is 1. The number of aromatic nitrogens is 4. The van der Waals surface area contributed by atoms with E-state index in [4.69, 9.17) is 4.74 Å². The van der Waals surface area contributed by atoms with Gasteiger partial charge in [-0.05, 0) is 12.5 Å². The van der Waals surface area contributed by atoms with Crippen molar-refractivity contribution < 1.29 is 14.3 Å². The van der Waals surface area contributed by atoms with E-state index in [2.05, 4.69) is 25.7 Å². The molecule has 3 amide bonds. The number of nitrogens with one attached hydrogen (secondary N) is 2. The third-order valence-electron chi connectivity index (χ3n) is 4.47. The average Bonchev–Trinajstić information content (AvgIpc) is 3.04. The maximum atomic E-state index is 12.5. The number of ether oxygens (including phenoxy) is 1. The summed E-state index contributed by atoms with van der Waals surface area (Å²) in [5.41, 5.74) is 0.852. The molecule has 10 nitrogen and oxygen atoms in total. The van der Waals surface area contributed by atoms with Gasteiger partial charge in [0.05, 0.1) is 31.1 Å². The zero-order chi connectivity index (χ0) is 18.7. The summed E-state index contributed by atoms with van der Waals surface area (Å²) in [4.78, 5) is 34.1. The molecule has 0 unspecified atom stereocenters. The van der Waals surface area contributed by atoms with Gasteiger partial charge in [0, 0.05) is 26.7 Å². The number of urea groups is 1. The monoisotopic (exact) mass is 359 g/mol. The zero-order valence-electron chi connectivity index (χ0n) is 14.8. The van der Waals surface area contributed by atoms with Gasteiger partial charge < -0.3 is 15.0 Å². The highest BCUT2D eigenvalue weighted by Crippen LogP contribution is 2.30. The largest absolute Gasteiger partial charge is 0.491 e. The van der Waals surface area contributed by atoms with Crippen molar-refractivity contribution in [3.8, 4) is 5.75 Å². The molecular weight excluding hydrogens is 338 g/mol. The third kappa shape index (κ3) is 3.44. The molecule has 1 aliphatic heterocycles. The molecule has 2 aromatic rings. The summed E-state index contributed by atoms with van der Waals surface area (Å²) in [7, 11) is 5.02. The lowest BCUT2D eigenvalue weighted by atomic mass is 9.93. The summed E-state index contributed by atoms with van der Waals surface area (Å²) in [5, 5.41) is 9.77. The number of aryl methyl sites for hydroxylation is 1. The number of rotatable bonds is 4. The third-order valence-corrected chi connectivity index (χ3v) is 4.47. The number of hydrogen-bond donors (Lipinski definition) is 2. The lowest BCUT2D eigenvalue weighted by molar-refractivity contribution is -0.136. The molecule has 138 valence electrons. The predicted molar refractivity (Wildman–Crippen MR) is 92.5 cm³/mol. The van der Waals surface area contributed by atoms with Gasteiger partial charge in [0.2, 0.25) is 5.91 Å². The van der Waals surface area contributed by atoms with Crippen molar-refractivity contribution in [3.05, 3.63) is 30.5 Å². The summed E-state index contributed by atoms with van der Waals surface area (Å²) in [6.45, 7) is 0. The van der Waals surface area contributed by atoms with Crippen LogP contribution in [0.5, 0.6) is 5.75 Å². The van der Waals surface area contributed by atoms with Crippen LogP contribution in [0.25, 0.3) is 0 Å². The molecule has 3 heterocycles. The van der Waals surface area contributed by atoms with E-state index in [1.165, 1.54) is 19.6 Å². The average molecular weight is 359 g/mol. The van der Waals surface area contributed by atoms with Crippen LogP contribution in [-0.4, -0.2) is 56.8 Å². The van der Waals surface area contributed by atoms with Crippen molar-refractivity contribution in [2.24, 2.45) is 7.05 Å². The summed E-state index contributed by atoms with van der Waals surface area (Å²) in [5.74, 6) is 0.672. The van der Waals surface area contributed by atoms with Gasteiger partial charge in [-0.3, -0.25) is 14.8 Å². The molecule has 26 heavy (non-hydrogen) atoms. The Labute approximate surface area is 150 Å². The SMILES string of the molecule is COc1cncnc1NC(=O)N[C@@H]1CCC(=O)N(C)[C@H]1c1ccnn1C. The molecule has 0 aliphatic carbocycles. The number of anilines is 1. The predicted octanol–water partition coefficient (Wildman–Crippen LogP) is 0.702. The van der Waals surface area contributed by atoms with Gasteiger partial charge in [-0.25, -0.2) is 14.8 Å². The van der Waals surface area contributed by atoms with Crippen molar-refractivity contribution >= 4 is 17.8 Å². The van der Waals surface area contributed by atoms with E-state index < -0.39 is 6.03 Å². The van der Waals surface area contributed by atoms with E-state index in [0.29, 0.717) is 18.6 Å². The molecular formula is C16H21N7O3. The lowest BCUT2D eigenvalue weighted by Crippen LogP contribution is -2.52. The Kier molecular flexibility index (Phi) is 5.01. The second kappa shape index (κ2) is 7.38. The normalized spacial score (nSPS) is 20.0. The quantitative estimate of drug-likeness (QED) is 0.831. The van der Waals surface area contributed by atoms with Crippen LogP contribution in [0.3, 0.4) is 0 Å². The van der Waals surface area contributed by atoms with Crippen molar-refractivity contribution in [3.63, 3.8) is 0 Å². The molecule has 1 saturated heterocycles. The fourth-order valence-electron chi connectivity index (χ4n) is 3.14. The molecule has 1 fully saturated rings. The highest BCUT2D eigenvalue weighted by Gasteiger charge is 2.37. The molecule has 0 saturated carbocycles. The first-order chi connectivity index (χ1) is 12.5. The molecule has 10 heteroatoms. The van der Waals surface area contributed by atoms with Crippen molar-refractivity contribution in [2.45, 2.75) is 24.9 Å². The van der Waals surface area contributed by atoms with E-state index in [1.54, 1.807) is 22.8 Å². The summed E-state index contributed by atoms with van der Waals surface area (Å²) in [6, 6.07) is 0.851. The molecule has 2 N–H and O–H groups in total. The maximum absolute atomic E-state index is 12.5. The van der Waals surface area contributed by atoms with Gasteiger partial charge in [-0.1, -0.05) is 0 Å². The van der Waals surface area contributed by atoms with Crippen LogP contribution in [-0.2, 0) is 11.8 Å². The molecule has 2 aromatic heterocycles. The minimum absolute atomic E-state index is 0.0344. The first kappa shape index (κ1) is 17.6. The number of likely N-dealkylation sites (N-methyl/N-ethyl adjacent to an activating group) is 1. The summed E-state index contributed by atoms with van der Waals surface area (Å²) in [6.07, 6.45) is 5.36. The van der Waals surface area contributed by atoms with Crippen LogP contribution in [0, 0.1) is 0 Å². The van der Waals surface area contributed by atoms with Crippen molar-refractivity contribution in [2.75, 3.05) is 19.5 Å². The Hall–Kier alpha value is -3.17. The van der Waals surface area contributed by atoms with Crippen LogP contribution in [0.1, 0.15) is 24.6 Å². The molecule has 0 aromatic carbocycles. The fourth-order valence-corrected chi connectivity index (χ4v) is 3.14. The minimum atomic E-state index is -0.429. The Bertz CT molecular complexity index is 807. The zero-order valence-corrected chi connectivity index (χ0v) is 14.8. The maximum Gasteiger partial charge on any atom is 0.320 e. The minimum Gasteiger partial charge on any atom is -0.491 e. The first-order valence-electron chi connectivity index (χ1n) is 8.16. The highest BCUT2D eigenvalue weighted by atomic mass is 16.5. The Balaban J connectivity index is 1.77. The summed E-state index contributed by atoms with van der Waals surface area (Å²) < 4.78 is 6.84. The highest BCUT2D eigenvalue weighted by molar-refractivity contribution is 5.90. The number of hydrogen-bond acceptors (Lipinski definition) is 6. The van der Waals surface area contributed by atoms with Gasteiger partial charge >= 0.3 is 6.03 Å². The van der Waals surface area contributed by atoms with E-state index in [9.17, 15) is 9.59 Å². The molecule has 0 radical (unpaired) electrons. The number of amides is 3. The standard InChI is InChI=1S/C16H21N7O3/c1-22-13(24)5-4-10(14(22)11-6-7-19-23(11)2)20-16(25)21-15-12(26-3)8-17-9-18-15/h6-10,14H,4-5H2,1-3H3,(H2,17,18,20,21,25)/t10-,14-/m1/s1. The molecule has 2 atom stereocenters. The van der Waals surface area contributed by atoms with E-state index >= 15 is 0 Å². The Morgan fingerprint density at radius 1 is 1.38 bits per heavy atom. The summed E-state index contributed by atoms with van der Waals surface area (Å²) >= 11 is 0. The Morgan fingerprint density at radius 2 is 2.19 bits per heavy atom. The number of piperidine rings is 1. The first-order valence-corrected chi connectivity index (χ1v) is 8.16. The molecule has 3 rings (SSSR count). The molecule has 1 aliphatic rings. The van der Waals surface area contributed by atoms with E-state index in [-0.39, 0.29) is 23.8 Å². The second-order valence-corrected chi connectivity index (χ2v) is 6.01. The van der Waals surface area contributed by atoms with Gasteiger partial charge in [0.15, 0.2) is 11.6 Å². The molecule has 0 bridgehead atoms. The number of methoxy groups -OCH3 is 1. The second-order valence-electron chi connectivity index (χ2n) is 6.01. The van der Waals surface area contributed by atoms with Crippen LogP contribution >= 0.6 is 0 Å². The van der Waals surface area contributed by atoms with Gasteiger partial charge in [0.25, 0.3) is 0 Å². The molecule has 0 spiro atoms. The Morgan fingerprint density at radius 3 is 2.88 bits per heavy atom. The number of carbonyl (C=O) groups is 2. The van der Waals surface area contributed by atoms with E-state index in [0.717, 1.165) is 5.69 Å². The van der Waals surface area contributed by atoms with Crippen molar-refractivity contribution in [1.29, 1.82) is 0 Å². The number of nitrogens with zero attached hydrogens (tertiary/aromatic N) is 5. The fraction of sp³-hybridized carbons (Fsp3) is 0.438. The van der Waals surface area contributed by atoms with Crippen LogP contribution in [0.4, 0.5) is 10.6 Å².